The number of halogens is 1. The van der Waals surface area contributed by atoms with E-state index in [0.717, 1.165) is 10.0 Å². The lowest BCUT2D eigenvalue weighted by molar-refractivity contribution is -0.112. The van der Waals surface area contributed by atoms with Crippen LogP contribution in [0, 0.1) is 18.3 Å². The van der Waals surface area contributed by atoms with Gasteiger partial charge in [0.25, 0.3) is 5.91 Å². The SMILES string of the molecule is COc1ccc(NC(=O)/C(C#N)=C/c2ccc(OCc3c(C)ccc4ccccc34)c(Br)c2)cc1. The molecule has 0 heterocycles. The zero-order valence-corrected chi connectivity index (χ0v) is 20.9. The molecular weight excluding hydrogens is 504 g/mol. The summed E-state index contributed by atoms with van der Waals surface area (Å²) in [5.74, 6) is 0.873. The highest BCUT2D eigenvalue weighted by molar-refractivity contribution is 9.10. The summed E-state index contributed by atoms with van der Waals surface area (Å²) in [4.78, 5) is 12.6. The van der Waals surface area contributed by atoms with Crippen LogP contribution in [0.2, 0.25) is 0 Å². The molecule has 1 amide bonds. The third kappa shape index (κ3) is 5.71. The number of fused-ring (bicyclic) bond motifs is 1. The van der Waals surface area contributed by atoms with Gasteiger partial charge in [0.2, 0.25) is 0 Å². The van der Waals surface area contributed by atoms with Crippen molar-refractivity contribution in [1.29, 1.82) is 5.26 Å². The number of nitrogens with one attached hydrogen (secondary N) is 1. The van der Waals surface area contributed by atoms with Gasteiger partial charge in [0.15, 0.2) is 0 Å². The molecule has 5 nitrogen and oxygen atoms in total. The summed E-state index contributed by atoms with van der Waals surface area (Å²) < 4.78 is 12.0. The van der Waals surface area contributed by atoms with Crippen molar-refractivity contribution >= 4 is 44.4 Å². The number of nitriles is 1. The predicted molar refractivity (Wildman–Crippen MR) is 142 cm³/mol. The van der Waals surface area contributed by atoms with Crippen LogP contribution in [0.25, 0.3) is 16.8 Å². The summed E-state index contributed by atoms with van der Waals surface area (Å²) in [5.41, 5.74) is 3.58. The molecule has 1 N–H and O–H groups in total. The lowest BCUT2D eigenvalue weighted by Gasteiger charge is -2.13. The van der Waals surface area contributed by atoms with E-state index in [4.69, 9.17) is 9.47 Å². The molecule has 0 aliphatic carbocycles. The maximum Gasteiger partial charge on any atom is 0.266 e. The van der Waals surface area contributed by atoms with Crippen LogP contribution in [0.1, 0.15) is 16.7 Å². The minimum absolute atomic E-state index is 0.00670. The van der Waals surface area contributed by atoms with Crippen molar-refractivity contribution in [3.63, 3.8) is 0 Å². The number of nitrogens with zero attached hydrogens (tertiary/aromatic N) is 1. The van der Waals surface area contributed by atoms with Gasteiger partial charge in [0.1, 0.15) is 29.7 Å². The molecule has 0 saturated carbocycles. The van der Waals surface area contributed by atoms with Crippen molar-refractivity contribution in [3.05, 3.63) is 106 Å². The van der Waals surface area contributed by atoms with Crippen LogP contribution in [0.15, 0.2) is 88.9 Å². The number of rotatable bonds is 7. The first kappa shape index (κ1) is 24.1. The monoisotopic (exact) mass is 526 g/mol. The predicted octanol–water partition coefficient (Wildman–Crippen LogP) is 7.04. The van der Waals surface area contributed by atoms with Crippen LogP contribution in [0.5, 0.6) is 11.5 Å². The van der Waals surface area contributed by atoms with Crippen molar-refractivity contribution < 1.29 is 14.3 Å². The average Bonchev–Trinajstić information content (AvgIpc) is 2.88. The average molecular weight is 527 g/mol. The molecule has 4 aromatic rings. The molecule has 0 atom stereocenters. The first-order valence-corrected chi connectivity index (χ1v) is 11.7. The number of amides is 1. The van der Waals surface area contributed by atoms with Crippen LogP contribution in [-0.4, -0.2) is 13.0 Å². The first-order chi connectivity index (χ1) is 17.0. The summed E-state index contributed by atoms with van der Waals surface area (Å²) in [6.07, 6.45) is 1.54. The van der Waals surface area contributed by atoms with Crippen molar-refractivity contribution in [2.24, 2.45) is 0 Å². The lowest BCUT2D eigenvalue weighted by Crippen LogP contribution is -2.13. The third-order valence-electron chi connectivity index (χ3n) is 5.63. The number of hydrogen-bond donors (Lipinski definition) is 1. The van der Waals surface area contributed by atoms with Gasteiger partial charge in [-0.3, -0.25) is 4.79 Å². The molecular formula is C29H23BrN2O3. The fraction of sp³-hybridized carbons (Fsp3) is 0.103. The number of carbonyl (C=O) groups excluding carboxylic acids is 1. The number of carbonyl (C=O) groups is 1. The Morgan fingerprint density at radius 1 is 1.06 bits per heavy atom. The molecule has 4 aromatic carbocycles. The Labute approximate surface area is 212 Å². The fourth-order valence-electron chi connectivity index (χ4n) is 3.70. The van der Waals surface area contributed by atoms with E-state index in [2.05, 4.69) is 52.4 Å². The van der Waals surface area contributed by atoms with Crippen LogP contribution >= 0.6 is 15.9 Å². The van der Waals surface area contributed by atoms with Crippen LogP contribution < -0.4 is 14.8 Å². The molecule has 0 unspecified atom stereocenters. The molecule has 35 heavy (non-hydrogen) atoms. The molecule has 0 fully saturated rings. The van der Waals surface area contributed by atoms with Crippen molar-refractivity contribution in [2.75, 3.05) is 12.4 Å². The zero-order chi connectivity index (χ0) is 24.8. The Morgan fingerprint density at radius 3 is 2.54 bits per heavy atom. The van der Waals surface area contributed by atoms with E-state index >= 15 is 0 Å². The lowest BCUT2D eigenvalue weighted by atomic mass is 10.0. The number of anilines is 1. The van der Waals surface area contributed by atoms with Gasteiger partial charge < -0.3 is 14.8 Å². The Kier molecular flexibility index (Phi) is 7.49. The number of hydrogen-bond acceptors (Lipinski definition) is 4. The second kappa shape index (κ2) is 10.9. The number of aryl methyl sites for hydroxylation is 1. The molecule has 0 aliphatic heterocycles. The quantitative estimate of drug-likeness (QED) is 0.207. The molecule has 4 rings (SSSR count). The largest absolute Gasteiger partial charge is 0.497 e. The maximum absolute atomic E-state index is 12.6. The number of methoxy groups -OCH3 is 1. The summed E-state index contributed by atoms with van der Waals surface area (Å²) >= 11 is 3.56. The minimum atomic E-state index is -0.486. The zero-order valence-electron chi connectivity index (χ0n) is 19.3. The van der Waals surface area contributed by atoms with E-state index in [-0.39, 0.29) is 5.57 Å². The van der Waals surface area contributed by atoms with Crippen molar-refractivity contribution in [2.45, 2.75) is 13.5 Å². The van der Waals surface area contributed by atoms with Gasteiger partial charge in [-0.2, -0.15) is 5.26 Å². The van der Waals surface area contributed by atoms with E-state index in [1.807, 2.05) is 36.4 Å². The third-order valence-corrected chi connectivity index (χ3v) is 6.25. The van der Waals surface area contributed by atoms with E-state index in [1.165, 1.54) is 16.3 Å². The first-order valence-electron chi connectivity index (χ1n) is 11.0. The van der Waals surface area contributed by atoms with Crippen molar-refractivity contribution in [3.8, 4) is 17.6 Å². The highest BCUT2D eigenvalue weighted by Crippen LogP contribution is 2.30. The smallest absolute Gasteiger partial charge is 0.266 e. The number of benzene rings is 4. The van der Waals surface area contributed by atoms with Gasteiger partial charge in [0.05, 0.1) is 11.6 Å². The second-order valence-electron chi connectivity index (χ2n) is 7.91. The Morgan fingerprint density at radius 2 is 1.83 bits per heavy atom. The van der Waals surface area contributed by atoms with E-state index in [0.29, 0.717) is 29.4 Å². The van der Waals surface area contributed by atoms with E-state index < -0.39 is 5.91 Å². The summed E-state index contributed by atoms with van der Waals surface area (Å²) in [5, 5.41) is 14.6. The molecule has 174 valence electrons. The van der Waals surface area contributed by atoms with Gasteiger partial charge in [-0.15, -0.1) is 0 Å². The van der Waals surface area contributed by atoms with Crippen LogP contribution in [-0.2, 0) is 11.4 Å². The number of ether oxygens (including phenoxy) is 2. The highest BCUT2D eigenvalue weighted by Gasteiger charge is 2.12. The summed E-state index contributed by atoms with van der Waals surface area (Å²) in [7, 11) is 1.57. The molecule has 0 aromatic heterocycles. The van der Waals surface area contributed by atoms with E-state index in [1.54, 1.807) is 37.5 Å². The molecule has 0 aliphatic rings. The Bertz CT molecular complexity index is 1450. The normalized spacial score (nSPS) is 11.1. The highest BCUT2D eigenvalue weighted by atomic mass is 79.9. The summed E-state index contributed by atoms with van der Waals surface area (Å²) in [6.45, 7) is 2.50. The van der Waals surface area contributed by atoms with Gasteiger partial charge in [-0.1, -0.05) is 42.5 Å². The summed E-state index contributed by atoms with van der Waals surface area (Å²) in [6, 6.07) is 26.8. The molecule has 0 saturated heterocycles. The van der Waals surface area contributed by atoms with Crippen LogP contribution in [0.4, 0.5) is 5.69 Å². The Balaban J connectivity index is 1.48. The van der Waals surface area contributed by atoms with E-state index in [9.17, 15) is 10.1 Å². The topological polar surface area (TPSA) is 71.3 Å². The molecule has 0 bridgehead atoms. The van der Waals surface area contributed by atoms with Crippen molar-refractivity contribution in [1.82, 2.24) is 0 Å². The minimum Gasteiger partial charge on any atom is -0.497 e. The van der Waals surface area contributed by atoms with Crippen LogP contribution in [0.3, 0.4) is 0 Å². The van der Waals surface area contributed by atoms with Gasteiger partial charge in [0, 0.05) is 11.3 Å². The van der Waals surface area contributed by atoms with Gasteiger partial charge in [-0.25, -0.2) is 0 Å². The standard InChI is InChI=1S/C29H23BrN2O3/c1-19-7-9-21-5-3-4-6-25(21)26(19)18-35-28-14-8-20(16-27(28)30)15-22(17-31)29(33)32-23-10-12-24(34-2)13-11-23/h3-16H,18H2,1-2H3,(H,32,33)/b22-15+. The molecule has 6 heteroatoms. The van der Waals surface area contributed by atoms with Gasteiger partial charge >= 0.3 is 0 Å². The second-order valence-corrected chi connectivity index (χ2v) is 8.77. The molecule has 0 radical (unpaired) electrons. The molecule has 0 spiro atoms. The Hall–Kier alpha value is -4.08. The maximum atomic E-state index is 12.6. The van der Waals surface area contributed by atoms with Gasteiger partial charge in [-0.05, 0) is 87.2 Å². The fourth-order valence-corrected chi connectivity index (χ4v) is 4.21.